The Kier molecular flexibility index (Phi) is 5.66. The average Bonchev–Trinajstić information content (AvgIpc) is 2.79. The van der Waals surface area contributed by atoms with E-state index in [0.717, 1.165) is 0 Å². The van der Waals surface area contributed by atoms with Gasteiger partial charge in [0.15, 0.2) is 0 Å². The van der Waals surface area contributed by atoms with Crippen molar-refractivity contribution < 1.29 is 4.74 Å². The largest absolute Gasteiger partial charge is 0.367 e. The first kappa shape index (κ1) is 13.0. The molecule has 0 aliphatic carbocycles. The summed E-state index contributed by atoms with van der Waals surface area (Å²) >= 11 is 0. The minimum Gasteiger partial charge on any atom is -0.367 e. The van der Waals surface area contributed by atoms with E-state index >= 15 is 0 Å². The monoisotopic (exact) mass is 212 g/mol. The molecule has 1 unspecified atom stereocenters. The Labute approximate surface area is 95.6 Å². The van der Waals surface area contributed by atoms with E-state index in [2.05, 4.69) is 20.8 Å². The Morgan fingerprint density at radius 3 is 1.80 bits per heavy atom. The van der Waals surface area contributed by atoms with Crippen molar-refractivity contribution in [2.45, 2.75) is 90.3 Å². The average molecular weight is 212 g/mol. The van der Waals surface area contributed by atoms with Gasteiger partial charge in [-0.3, -0.25) is 0 Å². The van der Waals surface area contributed by atoms with Crippen LogP contribution in [-0.2, 0) is 4.74 Å². The maximum atomic E-state index is 5.56. The fourth-order valence-electron chi connectivity index (χ4n) is 2.20. The van der Waals surface area contributed by atoms with E-state index in [-0.39, 0.29) is 5.60 Å². The molecule has 1 heteroatoms. The molecule has 0 aromatic carbocycles. The molecule has 0 spiro atoms. The molecule has 0 N–H and O–H groups in total. The summed E-state index contributed by atoms with van der Waals surface area (Å²) in [6.45, 7) is 6.67. The highest BCUT2D eigenvalue weighted by Gasteiger charge is 2.46. The summed E-state index contributed by atoms with van der Waals surface area (Å²) in [6, 6.07) is 0. The number of epoxide rings is 1. The second-order valence-electron chi connectivity index (χ2n) is 5.47. The first-order valence-corrected chi connectivity index (χ1v) is 6.84. The molecular formula is C14H28O. The van der Waals surface area contributed by atoms with E-state index in [9.17, 15) is 0 Å². The van der Waals surface area contributed by atoms with E-state index in [4.69, 9.17) is 4.74 Å². The van der Waals surface area contributed by atoms with Gasteiger partial charge in [-0.25, -0.2) is 0 Å². The quantitative estimate of drug-likeness (QED) is 0.399. The number of unbranched alkanes of at least 4 members (excludes halogenated alkanes) is 7. The van der Waals surface area contributed by atoms with Crippen molar-refractivity contribution in [1.29, 1.82) is 0 Å². The van der Waals surface area contributed by atoms with Gasteiger partial charge < -0.3 is 4.74 Å². The number of hydrogen-bond donors (Lipinski definition) is 0. The molecule has 1 aliphatic rings. The zero-order valence-corrected chi connectivity index (χ0v) is 10.8. The van der Waals surface area contributed by atoms with Crippen LogP contribution in [0.5, 0.6) is 0 Å². The summed E-state index contributed by atoms with van der Waals surface area (Å²) in [5.41, 5.74) is 0.209. The molecule has 1 saturated heterocycles. The van der Waals surface area contributed by atoms with Crippen LogP contribution in [0.2, 0.25) is 0 Å². The Balaban J connectivity index is 1.74. The molecule has 1 atom stereocenters. The van der Waals surface area contributed by atoms with Crippen LogP contribution in [0.25, 0.3) is 0 Å². The molecule has 0 aromatic rings. The third kappa shape index (κ3) is 5.55. The maximum absolute atomic E-state index is 5.56. The third-order valence-corrected chi connectivity index (χ3v) is 3.48. The van der Waals surface area contributed by atoms with Crippen molar-refractivity contribution >= 4 is 0 Å². The highest BCUT2D eigenvalue weighted by molar-refractivity contribution is 4.94. The summed E-state index contributed by atoms with van der Waals surface area (Å²) < 4.78 is 5.56. The topological polar surface area (TPSA) is 12.5 Å². The molecule has 1 fully saturated rings. The van der Waals surface area contributed by atoms with Crippen molar-refractivity contribution in [3.63, 3.8) is 0 Å². The molecule has 1 heterocycles. The molecule has 15 heavy (non-hydrogen) atoms. The van der Waals surface area contributed by atoms with Gasteiger partial charge in [-0.1, -0.05) is 58.3 Å². The lowest BCUT2D eigenvalue weighted by molar-refractivity contribution is 0.317. The van der Waals surface area contributed by atoms with Crippen molar-refractivity contribution in [2.75, 3.05) is 0 Å². The minimum absolute atomic E-state index is 0.209. The van der Waals surface area contributed by atoms with Gasteiger partial charge in [0.25, 0.3) is 0 Å². The van der Waals surface area contributed by atoms with Gasteiger partial charge in [-0.05, 0) is 20.3 Å². The first-order valence-electron chi connectivity index (χ1n) is 6.84. The maximum Gasteiger partial charge on any atom is 0.0892 e. The molecule has 90 valence electrons. The van der Waals surface area contributed by atoms with Crippen molar-refractivity contribution in [3.05, 3.63) is 0 Å². The lowest BCUT2D eigenvalue weighted by Crippen LogP contribution is -2.02. The van der Waals surface area contributed by atoms with Gasteiger partial charge in [-0.15, -0.1) is 0 Å². The van der Waals surface area contributed by atoms with Crippen LogP contribution >= 0.6 is 0 Å². The van der Waals surface area contributed by atoms with Crippen molar-refractivity contribution in [2.24, 2.45) is 0 Å². The summed E-state index contributed by atoms with van der Waals surface area (Å²) in [6.07, 6.45) is 13.1. The highest BCUT2D eigenvalue weighted by Crippen LogP contribution is 2.38. The summed E-state index contributed by atoms with van der Waals surface area (Å²) in [4.78, 5) is 0. The molecule has 1 nitrogen and oxygen atoms in total. The molecule has 0 saturated carbocycles. The molecule has 0 amide bonds. The number of rotatable bonds is 9. The van der Waals surface area contributed by atoms with Crippen LogP contribution in [0, 0.1) is 0 Å². The molecule has 0 bridgehead atoms. The predicted octanol–water partition coefficient (Wildman–Crippen LogP) is 4.69. The molecular weight excluding hydrogens is 184 g/mol. The summed E-state index contributed by atoms with van der Waals surface area (Å²) in [5.74, 6) is 0. The van der Waals surface area contributed by atoms with Gasteiger partial charge in [0.2, 0.25) is 0 Å². The van der Waals surface area contributed by atoms with E-state index in [0.29, 0.717) is 6.10 Å². The lowest BCUT2D eigenvalue weighted by atomic mass is 10.0. The third-order valence-electron chi connectivity index (χ3n) is 3.48. The predicted molar refractivity (Wildman–Crippen MR) is 66.2 cm³/mol. The van der Waals surface area contributed by atoms with Crippen molar-refractivity contribution in [1.82, 2.24) is 0 Å². The normalized spacial score (nSPS) is 23.0. The van der Waals surface area contributed by atoms with E-state index in [1.54, 1.807) is 0 Å². The summed E-state index contributed by atoms with van der Waals surface area (Å²) in [7, 11) is 0. The molecule has 0 aromatic heterocycles. The zero-order valence-electron chi connectivity index (χ0n) is 10.8. The zero-order chi connectivity index (χ0) is 11.1. The van der Waals surface area contributed by atoms with Crippen LogP contribution in [0.4, 0.5) is 0 Å². The molecule has 1 aliphatic heterocycles. The minimum atomic E-state index is 0.209. The standard InChI is InChI=1S/C14H28O/c1-4-5-6-7-8-9-10-11-12-13-14(2,3)15-13/h13H,4-12H2,1-3H3. The van der Waals surface area contributed by atoms with E-state index in [1.165, 1.54) is 57.8 Å². The Morgan fingerprint density at radius 2 is 1.33 bits per heavy atom. The van der Waals surface area contributed by atoms with Gasteiger partial charge in [0.1, 0.15) is 0 Å². The van der Waals surface area contributed by atoms with Crippen LogP contribution in [0.15, 0.2) is 0 Å². The van der Waals surface area contributed by atoms with Crippen LogP contribution in [-0.4, -0.2) is 11.7 Å². The van der Waals surface area contributed by atoms with Crippen LogP contribution in [0.3, 0.4) is 0 Å². The van der Waals surface area contributed by atoms with Crippen LogP contribution in [0.1, 0.15) is 78.6 Å². The van der Waals surface area contributed by atoms with Crippen LogP contribution < -0.4 is 0 Å². The number of hydrogen-bond acceptors (Lipinski definition) is 1. The highest BCUT2D eigenvalue weighted by atomic mass is 16.6. The van der Waals surface area contributed by atoms with Gasteiger partial charge in [0, 0.05) is 0 Å². The summed E-state index contributed by atoms with van der Waals surface area (Å²) in [5, 5.41) is 0. The van der Waals surface area contributed by atoms with E-state index in [1.807, 2.05) is 0 Å². The second kappa shape index (κ2) is 6.52. The Bertz CT molecular complexity index is 163. The van der Waals surface area contributed by atoms with Gasteiger partial charge in [0.05, 0.1) is 11.7 Å². The fourth-order valence-corrected chi connectivity index (χ4v) is 2.20. The van der Waals surface area contributed by atoms with Gasteiger partial charge in [-0.2, -0.15) is 0 Å². The first-order chi connectivity index (χ1) is 7.17. The second-order valence-corrected chi connectivity index (χ2v) is 5.47. The SMILES string of the molecule is CCCCCCCCCCC1OC1(C)C. The van der Waals surface area contributed by atoms with Crippen molar-refractivity contribution in [3.8, 4) is 0 Å². The lowest BCUT2D eigenvalue weighted by Gasteiger charge is -2.01. The van der Waals surface area contributed by atoms with E-state index < -0.39 is 0 Å². The number of ether oxygens (including phenoxy) is 1. The van der Waals surface area contributed by atoms with Gasteiger partial charge >= 0.3 is 0 Å². The fraction of sp³-hybridized carbons (Fsp3) is 1.00. The smallest absolute Gasteiger partial charge is 0.0892 e. The Hall–Kier alpha value is -0.0400. The molecule has 1 rings (SSSR count). The Morgan fingerprint density at radius 1 is 0.867 bits per heavy atom. The molecule has 0 radical (unpaired) electrons.